The number of carbonyl (C=O) groups is 1. The maximum absolute atomic E-state index is 11.4. The van der Waals surface area contributed by atoms with Gasteiger partial charge in [-0.1, -0.05) is 28.1 Å². The SMILES string of the molecule is CS(=O)(=O)[C@@H]1[C@@H](C=O)[C@@H]1c1ccc(Br)cc1. The van der Waals surface area contributed by atoms with Gasteiger partial charge in [0.15, 0.2) is 9.84 Å². The molecule has 5 heteroatoms. The van der Waals surface area contributed by atoms with Crippen molar-refractivity contribution in [2.75, 3.05) is 6.26 Å². The van der Waals surface area contributed by atoms with E-state index in [0.29, 0.717) is 0 Å². The molecule has 0 unspecified atom stereocenters. The van der Waals surface area contributed by atoms with Crippen molar-refractivity contribution in [2.45, 2.75) is 11.2 Å². The molecule has 0 radical (unpaired) electrons. The van der Waals surface area contributed by atoms with Crippen LogP contribution in [0.4, 0.5) is 0 Å². The highest BCUT2D eigenvalue weighted by Crippen LogP contribution is 2.50. The van der Waals surface area contributed by atoms with Crippen LogP contribution >= 0.6 is 15.9 Å². The van der Waals surface area contributed by atoms with Gasteiger partial charge in [0.25, 0.3) is 0 Å². The molecule has 1 aromatic rings. The summed E-state index contributed by atoms with van der Waals surface area (Å²) in [5.41, 5.74) is 0.913. The summed E-state index contributed by atoms with van der Waals surface area (Å²) in [5, 5.41) is -0.536. The minimum absolute atomic E-state index is 0.166. The van der Waals surface area contributed by atoms with Gasteiger partial charge in [0.2, 0.25) is 0 Å². The van der Waals surface area contributed by atoms with Gasteiger partial charge in [-0.2, -0.15) is 0 Å². The Morgan fingerprint density at radius 2 is 1.81 bits per heavy atom. The first-order valence-electron chi connectivity index (χ1n) is 4.85. The van der Waals surface area contributed by atoms with Crippen molar-refractivity contribution in [2.24, 2.45) is 5.92 Å². The summed E-state index contributed by atoms with van der Waals surface area (Å²) < 4.78 is 23.8. The summed E-state index contributed by atoms with van der Waals surface area (Å²) >= 11 is 3.31. The fourth-order valence-corrected chi connectivity index (χ4v) is 3.97. The van der Waals surface area contributed by atoms with E-state index in [1.807, 2.05) is 24.3 Å². The van der Waals surface area contributed by atoms with Crippen molar-refractivity contribution >= 4 is 32.1 Å². The smallest absolute Gasteiger partial charge is 0.151 e. The van der Waals surface area contributed by atoms with Gasteiger partial charge in [-0.15, -0.1) is 0 Å². The highest BCUT2D eigenvalue weighted by molar-refractivity contribution is 9.10. The second-order valence-electron chi connectivity index (χ2n) is 4.08. The first-order chi connectivity index (χ1) is 7.45. The van der Waals surface area contributed by atoms with E-state index in [1.165, 1.54) is 6.26 Å². The zero-order chi connectivity index (χ0) is 11.9. The zero-order valence-electron chi connectivity index (χ0n) is 8.63. The Morgan fingerprint density at radius 3 is 2.19 bits per heavy atom. The molecular weight excluding hydrogens is 292 g/mol. The average molecular weight is 303 g/mol. The molecule has 0 saturated heterocycles. The number of rotatable bonds is 3. The predicted octanol–water partition coefficient (Wildman–Crippen LogP) is 1.77. The third kappa shape index (κ3) is 2.06. The lowest BCUT2D eigenvalue weighted by Crippen LogP contribution is -2.07. The highest BCUT2D eigenvalue weighted by atomic mass is 79.9. The molecule has 0 bridgehead atoms. The van der Waals surface area contributed by atoms with E-state index in [4.69, 9.17) is 0 Å². The number of carbonyl (C=O) groups excluding carboxylic acids is 1. The average Bonchev–Trinajstić information content (AvgIpc) is 2.92. The third-order valence-corrected chi connectivity index (χ3v) is 5.04. The van der Waals surface area contributed by atoms with E-state index in [-0.39, 0.29) is 11.8 Å². The van der Waals surface area contributed by atoms with Crippen LogP contribution in [-0.2, 0) is 14.6 Å². The number of hydrogen-bond acceptors (Lipinski definition) is 3. The van der Waals surface area contributed by atoms with Crippen LogP contribution in [0.15, 0.2) is 28.7 Å². The van der Waals surface area contributed by atoms with Crippen molar-refractivity contribution in [3.63, 3.8) is 0 Å². The van der Waals surface area contributed by atoms with Crippen LogP contribution in [0.5, 0.6) is 0 Å². The molecule has 2 rings (SSSR count). The molecule has 0 aromatic heterocycles. The number of halogens is 1. The molecule has 0 amide bonds. The van der Waals surface area contributed by atoms with E-state index in [2.05, 4.69) is 15.9 Å². The molecule has 0 spiro atoms. The van der Waals surface area contributed by atoms with Gasteiger partial charge in [-0.3, -0.25) is 0 Å². The molecule has 0 N–H and O–H groups in total. The van der Waals surface area contributed by atoms with Gasteiger partial charge in [-0.05, 0) is 17.7 Å². The van der Waals surface area contributed by atoms with Crippen molar-refractivity contribution in [1.29, 1.82) is 0 Å². The van der Waals surface area contributed by atoms with Crippen LogP contribution in [0.25, 0.3) is 0 Å². The number of hydrogen-bond donors (Lipinski definition) is 0. The topological polar surface area (TPSA) is 51.2 Å². The van der Waals surface area contributed by atoms with Gasteiger partial charge in [0.05, 0.1) is 5.25 Å². The molecule has 1 aliphatic carbocycles. The number of benzene rings is 1. The lowest BCUT2D eigenvalue weighted by atomic mass is 10.1. The predicted molar refractivity (Wildman–Crippen MR) is 65.1 cm³/mol. The van der Waals surface area contributed by atoms with Gasteiger partial charge in [-0.25, -0.2) is 8.42 Å². The van der Waals surface area contributed by atoms with Crippen molar-refractivity contribution in [1.82, 2.24) is 0 Å². The van der Waals surface area contributed by atoms with Crippen molar-refractivity contribution < 1.29 is 13.2 Å². The maximum atomic E-state index is 11.4. The van der Waals surface area contributed by atoms with Crippen molar-refractivity contribution in [3.8, 4) is 0 Å². The molecule has 1 aliphatic rings. The Balaban J connectivity index is 2.30. The summed E-state index contributed by atoms with van der Waals surface area (Å²) in [6.45, 7) is 0. The normalized spacial score (nSPS) is 28.8. The molecule has 3 nitrogen and oxygen atoms in total. The lowest BCUT2D eigenvalue weighted by molar-refractivity contribution is -0.108. The van der Waals surface area contributed by atoms with E-state index in [1.54, 1.807) is 0 Å². The Labute approximate surface area is 103 Å². The quantitative estimate of drug-likeness (QED) is 0.800. The molecule has 0 heterocycles. The zero-order valence-corrected chi connectivity index (χ0v) is 11.0. The molecule has 86 valence electrons. The van der Waals surface area contributed by atoms with Crippen molar-refractivity contribution in [3.05, 3.63) is 34.3 Å². The molecule has 0 aliphatic heterocycles. The summed E-state index contributed by atoms with van der Waals surface area (Å²) in [7, 11) is -3.14. The van der Waals surface area contributed by atoms with Gasteiger partial charge >= 0.3 is 0 Å². The van der Waals surface area contributed by atoms with Crippen LogP contribution in [0.1, 0.15) is 11.5 Å². The molecule has 3 atom stereocenters. The van der Waals surface area contributed by atoms with E-state index >= 15 is 0 Å². The molecular formula is C11H11BrO3S. The van der Waals surface area contributed by atoms with Crippen LogP contribution in [0.3, 0.4) is 0 Å². The van der Waals surface area contributed by atoms with E-state index in [0.717, 1.165) is 16.3 Å². The monoisotopic (exact) mass is 302 g/mol. The second-order valence-corrected chi connectivity index (χ2v) is 7.20. The fourth-order valence-electron chi connectivity index (χ4n) is 2.12. The molecule has 1 aromatic carbocycles. The van der Waals surface area contributed by atoms with Gasteiger partial charge in [0, 0.05) is 22.6 Å². The summed E-state index contributed by atoms with van der Waals surface area (Å²) in [6.07, 6.45) is 1.94. The fraction of sp³-hybridized carbons (Fsp3) is 0.364. The molecule has 16 heavy (non-hydrogen) atoms. The first kappa shape index (κ1) is 11.8. The van der Waals surface area contributed by atoms with Gasteiger partial charge < -0.3 is 4.79 Å². The van der Waals surface area contributed by atoms with Crippen LogP contribution in [-0.4, -0.2) is 26.2 Å². The standard InChI is InChI=1S/C11H11BrO3S/c1-16(14,15)11-9(6-13)10(11)7-2-4-8(12)5-3-7/h2-6,9-11H,1H3/t9-,10-,11+/m0/s1. The largest absolute Gasteiger partial charge is 0.303 e. The Hall–Kier alpha value is -0.680. The van der Waals surface area contributed by atoms with Gasteiger partial charge in [0.1, 0.15) is 6.29 Å². The summed E-state index contributed by atoms with van der Waals surface area (Å²) in [6, 6.07) is 7.43. The first-order valence-corrected chi connectivity index (χ1v) is 7.59. The number of sulfone groups is 1. The third-order valence-electron chi connectivity index (χ3n) is 2.91. The Bertz CT molecular complexity index is 507. The van der Waals surface area contributed by atoms with E-state index < -0.39 is 15.1 Å². The molecule has 1 fully saturated rings. The van der Waals surface area contributed by atoms with E-state index in [9.17, 15) is 13.2 Å². The second kappa shape index (κ2) is 3.96. The number of aldehydes is 1. The Morgan fingerprint density at radius 1 is 1.25 bits per heavy atom. The lowest BCUT2D eigenvalue weighted by Gasteiger charge is -1.99. The highest BCUT2D eigenvalue weighted by Gasteiger charge is 2.57. The molecule has 1 saturated carbocycles. The summed E-state index contributed by atoms with van der Waals surface area (Å²) in [4.78, 5) is 10.8. The van der Waals surface area contributed by atoms with Crippen LogP contribution in [0.2, 0.25) is 0 Å². The maximum Gasteiger partial charge on any atom is 0.151 e. The minimum atomic E-state index is -3.14. The van der Waals surface area contributed by atoms with Crippen LogP contribution in [0, 0.1) is 5.92 Å². The summed E-state index contributed by atoms with van der Waals surface area (Å²) in [5.74, 6) is -0.545. The van der Waals surface area contributed by atoms with Crippen LogP contribution < -0.4 is 0 Å². The Kier molecular flexibility index (Phi) is 2.92. The minimum Gasteiger partial charge on any atom is -0.303 e.